The van der Waals surface area contributed by atoms with Crippen molar-refractivity contribution in [1.29, 1.82) is 0 Å². The third-order valence-corrected chi connectivity index (χ3v) is 25.4. The van der Waals surface area contributed by atoms with Gasteiger partial charge in [-0.05, 0) is 180 Å². The molecule has 0 aromatic rings. The van der Waals surface area contributed by atoms with E-state index in [1.807, 2.05) is 0 Å². The van der Waals surface area contributed by atoms with Gasteiger partial charge in [0.1, 0.15) is 13.2 Å². The van der Waals surface area contributed by atoms with Gasteiger partial charge in [0.25, 0.3) is 13.8 Å². The molecule has 0 aromatic carbocycles. The van der Waals surface area contributed by atoms with Gasteiger partial charge in [-0.25, -0.2) is 30.0 Å². The lowest BCUT2D eigenvalue weighted by atomic mass is 9.50. The Kier molecular flexibility index (Phi) is 10.3. The molecule has 12 saturated carbocycles. The summed E-state index contributed by atoms with van der Waals surface area (Å²) in [6, 6.07) is 0. The van der Waals surface area contributed by atoms with E-state index in [1.54, 1.807) is 0 Å². The van der Waals surface area contributed by atoms with E-state index in [1.165, 1.54) is 0 Å². The van der Waals surface area contributed by atoms with E-state index < -0.39 is 104 Å². The molecule has 0 aromatic heterocycles. The lowest BCUT2D eigenvalue weighted by molar-refractivity contribution is -0.171. The summed E-state index contributed by atoms with van der Waals surface area (Å²) in [6.07, 6.45) is 13.6. The first-order valence-corrected chi connectivity index (χ1v) is 26.2. The Morgan fingerprint density at radius 1 is 0.458 bits per heavy atom. The Balaban J connectivity index is 0.965. The SMILES string of the molecule is O=C(OCC12CC3CC(CC(C3)C1)C2)C(F)(F)S(=O)(=O)C(S(=O)(=O)C(F)(F)COCC12CC3CC(CC(C3)C1)C2)S(=O)(=O)C(F)(F)COCC12CC3CC(CC(C3)C1)C2. The molecule has 0 unspecified atom stereocenters. The summed E-state index contributed by atoms with van der Waals surface area (Å²) < 4.78 is 189. The van der Waals surface area contributed by atoms with Gasteiger partial charge in [-0.1, -0.05) is 0 Å². The van der Waals surface area contributed by atoms with E-state index in [-0.39, 0.29) is 17.8 Å². The van der Waals surface area contributed by atoms with Crippen LogP contribution in [0.25, 0.3) is 0 Å². The monoisotopic (exact) mass is 906 g/mol. The zero-order valence-corrected chi connectivity index (χ0v) is 35.6. The second-order valence-electron chi connectivity index (χ2n) is 21.5. The molecule has 12 rings (SSSR count). The first-order valence-electron chi connectivity index (χ1n) is 21.5. The number of ether oxygens (including phenoxy) is 3. The number of carbonyl (C=O) groups is 1. The van der Waals surface area contributed by atoms with Crippen LogP contribution in [0, 0.1) is 69.5 Å². The number of esters is 1. The normalized spacial score (nSPS) is 41.8. The van der Waals surface area contributed by atoms with Crippen molar-refractivity contribution in [2.75, 3.05) is 33.0 Å². The number of rotatable bonds is 17. The Hall–Kier alpha value is -1.18. The zero-order valence-electron chi connectivity index (χ0n) is 33.1. The smallest absolute Gasteiger partial charge is 0.442 e. The minimum absolute atomic E-state index is 0.226. The lowest BCUT2D eigenvalue weighted by Crippen LogP contribution is -2.59. The molecule has 336 valence electrons. The van der Waals surface area contributed by atoms with Gasteiger partial charge in [-0.3, -0.25) is 0 Å². The summed E-state index contributed by atoms with van der Waals surface area (Å²) in [5.74, 6) is -0.381. The molecule has 0 heterocycles. The molecule has 0 amide bonds. The number of halogens is 6. The van der Waals surface area contributed by atoms with Gasteiger partial charge < -0.3 is 14.2 Å². The average Bonchev–Trinajstić information content (AvgIpc) is 3.08. The van der Waals surface area contributed by atoms with Gasteiger partial charge in [0.15, 0.2) is 0 Å². The molecule has 12 fully saturated rings. The Labute approximate surface area is 342 Å². The standard InChI is InChI=1S/C40H56F6O10S3/c41-38(42,22-54-19-35-10-24-1-25(11-35)3-26(2-24)12-35)57(48,49)34(58(50,51)39(43,44)23-55-20-36-13-27-4-28(14-36)6-29(5-27)15-36)59(52,53)40(45,46)33(47)56-21-37-16-30-7-31(17-37)9-32(8-30)18-37/h24-32,34H,1-23H2. The van der Waals surface area contributed by atoms with Crippen LogP contribution in [0.1, 0.15) is 116 Å². The molecular weight excluding hydrogens is 851 g/mol. The third-order valence-electron chi connectivity index (χ3n) is 16.5. The van der Waals surface area contributed by atoms with Crippen LogP contribution in [0.4, 0.5) is 26.3 Å². The Morgan fingerprint density at radius 2 is 0.712 bits per heavy atom. The quantitative estimate of drug-likeness (QED) is 0.106. The minimum atomic E-state index is -7.64. The Morgan fingerprint density at radius 3 is 0.983 bits per heavy atom. The van der Waals surface area contributed by atoms with Crippen molar-refractivity contribution in [3.63, 3.8) is 0 Å². The van der Waals surface area contributed by atoms with Crippen molar-refractivity contribution in [3.8, 4) is 0 Å². The van der Waals surface area contributed by atoms with E-state index in [4.69, 9.17) is 14.2 Å². The number of sulfone groups is 3. The molecule has 12 bridgehead atoms. The van der Waals surface area contributed by atoms with E-state index in [9.17, 15) is 30.0 Å². The highest BCUT2D eigenvalue weighted by Crippen LogP contribution is 2.62. The predicted molar refractivity (Wildman–Crippen MR) is 200 cm³/mol. The van der Waals surface area contributed by atoms with E-state index >= 15 is 26.3 Å². The van der Waals surface area contributed by atoms with Gasteiger partial charge >= 0.3 is 21.7 Å². The van der Waals surface area contributed by atoms with Gasteiger partial charge in [-0.2, -0.15) is 26.3 Å². The lowest BCUT2D eigenvalue weighted by Gasteiger charge is -2.56. The summed E-state index contributed by atoms with van der Waals surface area (Å²) in [5, 5.41) is -17.3. The predicted octanol–water partition coefficient (Wildman–Crippen LogP) is 7.52. The molecule has 0 saturated heterocycles. The van der Waals surface area contributed by atoms with Gasteiger partial charge in [-0.15, -0.1) is 0 Å². The summed E-state index contributed by atoms with van der Waals surface area (Å²) in [5.41, 5.74) is -1.98. The molecule has 0 spiro atoms. The minimum Gasteiger partial charge on any atom is -0.460 e. The van der Waals surface area contributed by atoms with Crippen LogP contribution in [0.15, 0.2) is 0 Å². The van der Waals surface area contributed by atoms with Crippen molar-refractivity contribution in [3.05, 3.63) is 0 Å². The fraction of sp³-hybridized carbons (Fsp3) is 0.975. The van der Waals surface area contributed by atoms with Crippen LogP contribution < -0.4 is 0 Å². The molecule has 59 heavy (non-hydrogen) atoms. The van der Waals surface area contributed by atoms with Crippen molar-refractivity contribution >= 4 is 35.5 Å². The molecule has 0 N–H and O–H groups in total. The number of carbonyl (C=O) groups excluding carboxylic acids is 1. The average molecular weight is 907 g/mol. The first-order chi connectivity index (χ1) is 27.4. The highest BCUT2D eigenvalue weighted by atomic mass is 32.3. The highest BCUT2D eigenvalue weighted by molar-refractivity contribution is 8.25. The van der Waals surface area contributed by atoms with E-state index in [0.29, 0.717) is 93.3 Å². The maximum absolute atomic E-state index is 16.0. The molecule has 12 aliphatic rings. The molecule has 19 heteroatoms. The highest BCUT2D eigenvalue weighted by Gasteiger charge is 2.74. The van der Waals surface area contributed by atoms with Gasteiger partial charge in [0, 0.05) is 5.41 Å². The Bertz CT molecular complexity index is 1820. The van der Waals surface area contributed by atoms with E-state index in [0.717, 1.165) is 57.8 Å². The fourth-order valence-corrected chi connectivity index (χ4v) is 23.7. The van der Waals surface area contributed by atoms with Crippen LogP contribution in [0.3, 0.4) is 0 Å². The topological polar surface area (TPSA) is 147 Å². The summed E-state index contributed by atoms with van der Waals surface area (Å²) in [7, 11) is -22.5. The molecule has 12 aliphatic carbocycles. The van der Waals surface area contributed by atoms with Crippen molar-refractivity contribution < 1.29 is 70.6 Å². The van der Waals surface area contributed by atoms with Crippen LogP contribution in [-0.2, 0) is 48.5 Å². The van der Waals surface area contributed by atoms with Crippen molar-refractivity contribution in [2.45, 2.75) is 135 Å². The molecule has 0 aliphatic heterocycles. The summed E-state index contributed by atoms with van der Waals surface area (Å²) in [4.78, 5) is 13.1. The molecule has 0 radical (unpaired) electrons. The largest absolute Gasteiger partial charge is 0.460 e. The van der Waals surface area contributed by atoms with Crippen LogP contribution in [0.2, 0.25) is 0 Å². The van der Waals surface area contributed by atoms with Crippen LogP contribution >= 0.6 is 0 Å². The number of alkyl halides is 6. The first kappa shape index (κ1) is 43.1. The van der Waals surface area contributed by atoms with Gasteiger partial charge in [0.2, 0.25) is 19.7 Å². The zero-order chi connectivity index (χ0) is 42.2. The second kappa shape index (κ2) is 14.2. The van der Waals surface area contributed by atoms with E-state index in [2.05, 4.69) is 0 Å². The third kappa shape index (κ3) is 7.31. The summed E-state index contributed by atoms with van der Waals surface area (Å²) in [6.45, 7) is -5.91. The fourth-order valence-electron chi connectivity index (χ4n) is 15.7. The maximum atomic E-state index is 16.0. The van der Waals surface area contributed by atoms with Gasteiger partial charge in [0.05, 0.1) is 19.8 Å². The van der Waals surface area contributed by atoms with Crippen molar-refractivity contribution in [1.82, 2.24) is 0 Å². The number of hydrogen-bond donors (Lipinski definition) is 0. The second-order valence-corrected chi connectivity index (χ2v) is 28.8. The van der Waals surface area contributed by atoms with Crippen LogP contribution in [0.5, 0.6) is 0 Å². The molecule has 0 atom stereocenters. The van der Waals surface area contributed by atoms with Crippen molar-refractivity contribution in [2.24, 2.45) is 69.5 Å². The molecular formula is C40H56F6O10S3. The number of hydrogen-bond acceptors (Lipinski definition) is 10. The molecule has 10 nitrogen and oxygen atoms in total. The summed E-state index contributed by atoms with van der Waals surface area (Å²) >= 11 is 0. The van der Waals surface area contributed by atoms with Crippen LogP contribution in [-0.4, -0.2) is 83.9 Å². The maximum Gasteiger partial charge on any atom is 0.442 e.